The summed E-state index contributed by atoms with van der Waals surface area (Å²) in [6.07, 6.45) is 1.80. The van der Waals surface area contributed by atoms with E-state index in [-0.39, 0.29) is 0 Å². The van der Waals surface area contributed by atoms with Gasteiger partial charge in [0.1, 0.15) is 11.3 Å². The zero-order valence-electron chi connectivity index (χ0n) is 11.8. The van der Waals surface area contributed by atoms with Crippen LogP contribution in [0.2, 0.25) is 0 Å². The third kappa shape index (κ3) is 1.91. The van der Waals surface area contributed by atoms with E-state index in [4.69, 9.17) is 11.6 Å². The number of aromatic nitrogens is 6. The Bertz CT molecular complexity index is 750. The second-order valence-electron chi connectivity index (χ2n) is 4.77. The molecule has 3 rings (SSSR count). The van der Waals surface area contributed by atoms with Crippen molar-refractivity contribution in [3.8, 4) is 0 Å². The van der Waals surface area contributed by atoms with E-state index in [1.165, 1.54) is 0 Å². The van der Waals surface area contributed by atoms with Crippen LogP contribution in [0.1, 0.15) is 24.1 Å². The van der Waals surface area contributed by atoms with Crippen LogP contribution in [-0.4, -0.2) is 29.1 Å². The Kier molecular flexibility index (Phi) is 3.25. The lowest BCUT2D eigenvalue weighted by Gasteiger charge is -2.09. The molecule has 6 nitrogen and oxygen atoms in total. The number of hydrogen-bond donors (Lipinski definition) is 0. The molecule has 7 heteroatoms. The fraction of sp³-hybridized carbons (Fsp3) is 0.462. The molecule has 0 saturated heterocycles. The summed E-state index contributed by atoms with van der Waals surface area (Å²) >= 11 is 6.05. The summed E-state index contributed by atoms with van der Waals surface area (Å²) in [4.78, 5) is 4.63. The summed E-state index contributed by atoms with van der Waals surface area (Å²) in [6.45, 7) is 5.56. The van der Waals surface area contributed by atoms with Crippen molar-refractivity contribution < 1.29 is 0 Å². The number of imidazole rings is 1. The first-order chi connectivity index (χ1) is 9.65. The maximum absolute atomic E-state index is 6.05. The summed E-state index contributed by atoms with van der Waals surface area (Å²) < 4.78 is 5.97. The Balaban J connectivity index is 2.19. The van der Waals surface area contributed by atoms with Crippen LogP contribution in [0.25, 0.3) is 11.2 Å². The minimum absolute atomic E-state index is 0.385. The van der Waals surface area contributed by atoms with Crippen LogP contribution >= 0.6 is 11.6 Å². The maximum Gasteiger partial charge on any atom is 0.159 e. The number of fused-ring (bicyclic) bond motifs is 1. The molecule has 0 saturated carbocycles. The Morgan fingerprint density at radius 3 is 2.75 bits per heavy atom. The third-order valence-corrected chi connectivity index (χ3v) is 3.78. The molecule has 20 heavy (non-hydrogen) atoms. The van der Waals surface area contributed by atoms with Crippen LogP contribution in [0.5, 0.6) is 0 Å². The molecule has 0 N–H and O–H groups in total. The SMILES string of the molecule is CCn1nc(C)c2nc(CCl)n(Cc3ccnn3C)c21. The van der Waals surface area contributed by atoms with Gasteiger partial charge in [0.05, 0.1) is 23.8 Å². The largest absolute Gasteiger partial charge is 0.306 e. The number of nitrogens with zero attached hydrogens (tertiary/aromatic N) is 6. The summed E-state index contributed by atoms with van der Waals surface area (Å²) in [5.41, 5.74) is 4.01. The van der Waals surface area contributed by atoms with E-state index in [1.807, 2.05) is 29.4 Å². The van der Waals surface area contributed by atoms with Gasteiger partial charge < -0.3 is 4.57 Å². The van der Waals surface area contributed by atoms with Gasteiger partial charge in [-0.15, -0.1) is 11.6 Å². The van der Waals surface area contributed by atoms with Gasteiger partial charge in [-0.25, -0.2) is 9.67 Å². The number of rotatable bonds is 4. The van der Waals surface area contributed by atoms with Gasteiger partial charge in [0, 0.05) is 19.8 Å². The normalized spacial score (nSPS) is 11.6. The van der Waals surface area contributed by atoms with Crippen molar-refractivity contribution in [1.82, 2.24) is 29.1 Å². The van der Waals surface area contributed by atoms with Gasteiger partial charge in [0.25, 0.3) is 0 Å². The van der Waals surface area contributed by atoms with Crippen molar-refractivity contribution in [2.75, 3.05) is 0 Å². The lowest BCUT2D eigenvalue weighted by molar-refractivity contribution is 0.618. The minimum atomic E-state index is 0.385. The molecule has 0 aliphatic rings. The monoisotopic (exact) mass is 292 g/mol. The molecule has 0 bridgehead atoms. The molecule has 106 valence electrons. The summed E-state index contributed by atoms with van der Waals surface area (Å²) in [6, 6.07) is 2.00. The van der Waals surface area contributed by atoms with Gasteiger partial charge in [0.2, 0.25) is 0 Å². The van der Waals surface area contributed by atoms with Crippen molar-refractivity contribution in [1.29, 1.82) is 0 Å². The standard InChI is InChI=1S/C13H17ClN6/c1-4-20-13-12(9(2)17-20)16-11(7-14)19(13)8-10-5-6-15-18(10)3/h5-6H,4,7-8H2,1-3H3. The summed E-state index contributed by atoms with van der Waals surface area (Å²) in [5, 5.41) is 8.73. The molecule has 0 unspecified atom stereocenters. The quantitative estimate of drug-likeness (QED) is 0.692. The molecule has 0 radical (unpaired) electrons. The second-order valence-corrected chi connectivity index (χ2v) is 5.03. The van der Waals surface area contributed by atoms with Crippen molar-refractivity contribution >= 4 is 22.8 Å². The first kappa shape index (κ1) is 13.2. The highest BCUT2D eigenvalue weighted by atomic mass is 35.5. The molecule has 0 fully saturated rings. The van der Waals surface area contributed by atoms with E-state index in [0.29, 0.717) is 12.4 Å². The molecule has 3 aromatic heterocycles. The predicted octanol–water partition coefficient (Wildman–Crippen LogP) is 2.08. The zero-order chi connectivity index (χ0) is 14.3. The van der Waals surface area contributed by atoms with Crippen LogP contribution in [0, 0.1) is 6.92 Å². The highest BCUT2D eigenvalue weighted by Crippen LogP contribution is 2.22. The highest BCUT2D eigenvalue weighted by molar-refractivity contribution is 6.16. The summed E-state index contributed by atoms with van der Waals surface area (Å²) in [5.74, 6) is 1.25. The van der Waals surface area contributed by atoms with E-state index in [0.717, 1.165) is 34.9 Å². The second kappa shape index (κ2) is 4.94. The third-order valence-electron chi connectivity index (χ3n) is 3.54. The molecule has 0 aromatic carbocycles. The Morgan fingerprint density at radius 1 is 1.35 bits per heavy atom. The number of aryl methyl sites for hydroxylation is 3. The van der Waals surface area contributed by atoms with Crippen molar-refractivity contribution in [3.05, 3.63) is 29.5 Å². The van der Waals surface area contributed by atoms with Gasteiger partial charge in [-0.1, -0.05) is 0 Å². The van der Waals surface area contributed by atoms with E-state index in [2.05, 4.69) is 26.7 Å². The number of alkyl halides is 1. The van der Waals surface area contributed by atoms with Crippen LogP contribution < -0.4 is 0 Å². The lowest BCUT2D eigenvalue weighted by atomic mass is 10.4. The molecule has 0 atom stereocenters. The van der Waals surface area contributed by atoms with E-state index in [9.17, 15) is 0 Å². The zero-order valence-corrected chi connectivity index (χ0v) is 12.6. The van der Waals surface area contributed by atoms with Crippen molar-refractivity contribution in [2.45, 2.75) is 32.8 Å². The smallest absolute Gasteiger partial charge is 0.159 e. The average molecular weight is 293 g/mol. The fourth-order valence-electron chi connectivity index (χ4n) is 2.48. The Morgan fingerprint density at radius 2 is 2.15 bits per heavy atom. The topological polar surface area (TPSA) is 53.5 Å². The first-order valence-electron chi connectivity index (χ1n) is 6.61. The van der Waals surface area contributed by atoms with Crippen molar-refractivity contribution in [2.24, 2.45) is 7.05 Å². The van der Waals surface area contributed by atoms with Crippen LogP contribution in [-0.2, 0) is 26.0 Å². The molecule has 0 amide bonds. The van der Waals surface area contributed by atoms with Gasteiger partial charge in [-0.05, 0) is 19.9 Å². The molecule has 3 heterocycles. The van der Waals surface area contributed by atoms with Gasteiger partial charge in [0.15, 0.2) is 5.65 Å². The average Bonchev–Trinajstić information content (AvgIpc) is 3.08. The molecule has 0 aliphatic carbocycles. The lowest BCUT2D eigenvalue weighted by Crippen LogP contribution is -2.11. The molecule has 0 aliphatic heterocycles. The molecular weight excluding hydrogens is 276 g/mol. The maximum atomic E-state index is 6.05. The number of hydrogen-bond acceptors (Lipinski definition) is 3. The first-order valence-corrected chi connectivity index (χ1v) is 7.14. The van der Waals surface area contributed by atoms with Crippen molar-refractivity contribution in [3.63, 3.8) is 0 Å². The minimum Gasteiger partial charge on any atom is -0.306 e. The number of halogens is 1. The van der Waals surface area contributed by atoms with E-state index >= 15 is 0 Å². The summed E-state index contributed by atoms with van der Waals surface area (Å²) in [7, 11) is 1.94. The highest BCUT2D eigenvalue weighted by Gasteiger charge is 2.18. The van der Waals surface area contributed by atoms with Crippen LogP contribution in [0.3, 0.4) is 0 Å². The Labute approximate surface area is 122 Å². The van der Waals surface area contributed by atoms with Gasteiger partial charge in [-0.2, -0.15) is 10.2 Å². The van der Waals surface area contributed by atoms with Gasteiger partial charge in [-0.3, -0.25) is 4.68 Å². The molecule has 3 aromatic rings. The van der Waals surface area contributed by atoms with E-state index in [1.54, 1.807) is 6.20 Å². The van der Waals surface area contributed by atoms with Gasteiger partial charge >= 0.3 is 0 Å². The van der Waals surface area contributed by atoms with Crippen LogP contribution in [0.15, 0.2) is 12.3 Å². The molecular formula is C13H17ClN6. The Hall–Kier alpha value is -1.82. The van der Waals surface area contributed by atoms with Crippen LogP contribution in [0.4, 0.5) is 0 Å². The van der Waals surface area contributed by atoms with E-state index < -0.39 is 0 Å². The molecule has 0 spiro atoms. The fourth-order valence-corrected chi connectivity index (χ4v) is 2.68. The predicted molar refractivity (Wildman–Crippen MR) is 77.8 cm³/mol.